The van der Waals surface area contributed by atoms with Gasteiger partial charge in [0.05, 0.1) is 12.3 Å². The molecular formula is C13H27N3O3S. The van der Waals surface area contributed by atoms with Gasteiger partial charge in [0.15, 0.2) is 0 Å². The molecule has 118 valence electrons. The van der Waals surface area contributed by atoms with E-state index < -0.39 is 10.0 Å². The van der Waals surface area contributed by atoms with Gasteiger partial charge in [0.1, 0.15) is 0 Å². The highest BCUT2D eigenvalue weighted by Gasteiger charge is 2.24. The van der Waals surface area contributed by atoms with Gasteiger partial charge in [0.2, 0.25) is 15.9 Å². The van der Waals surface area contributed by atoms with E-state index in [0.29, 0.717) is 25.4 Å². The predicted molar refractivity (Wildman–Crippen MR) is 79.9 cm³/mol. The van der Waals surface area contributed by atoms with Crippen LogP contribution in [0.3, 0.4) is 0 Å². The molecule has 2 N–H and O–H groups in total. The lowest BCUT2D eigenvalue weighted by Gasteiger charge is -2.24. The fourth-order valence-electron chi connectivity index (χ4n) is 2.44. The summed E-state index contributed by atoms with van der Waals surface area (Å²) in [5, 5.41) is 5.91. The van der Waals surface area contributed by atoms with Crippen molar-refractivity contribution in [1.29, 1.82) is 0 Å². The number of carbonyl (C=O) groups excluding carboxylic acids is 1. The smallest absolute Gasteiger partial charge is 0.235 e. The van der Waals surface area contributed by atoms with Crippen LogP contribution < -0.4 is 10.6 Å². The number of sulfonamides is 1. The van der Waals surface area contributed by atoms with Crippen molar-refractivity contribution < 1.29 is 13.2 Å². The third-order valence-corrected chi connectivity index (χ3v) is 5.61. The molecule has 0 aromatic heterocycles. The van der Waals surface area contributed by atoms with Crippen LogP contribution in [0.1, 0.15) is 33.1 Å². The number of hydrogen-bond acceptors (Lipinski definition) is 4. The molecule has 0 spiro atoms. The van der Waals surface area contributed by atoms with Gasteiger partial charge in [-0.1, -0.05) is 6.92 Å². The molecule has 0 aromatic rings. The molecule has 0 aromatic carbocycles. The van der Waals surface area contributed by atoms with Gasteiger partial charge in [-0.25, -0.2) is 8.42 Å². The van der Waals surface area contributed by atoms with Crippen LogP contribution in [0, 0.1) is 5.92 Å². The van der Waals surface area contributed by atoms with E-state index in [4.69, 9.17) is 0 Å². The van der Waals surface area contributed by atoms with Gasteiger partial charge in [0.25, 0.3) is 0 Å². The summed E-state index contributed by atoms with van der Waals surface area (Å²) in [7, 11) is -3.33. The van der Waals surface area contributed by atoms with Crippen molar-refractivity contribution in [3.63, 3.8) is 0 Å². The van der Waals surface area contributed by atoms with E-state index in [9.17, 15) is 13.2 Å². The number of likely N-dealkylation sites (N-methyl/N-ethyl adjacent to an activating group) is 2. The zero-order valence-corrected chi connectivity index (χ0v) is 13.3. The Hall–Kier alpha value is -0.660. The SMILES string of the molecule is CCNC(=O)CN(CC)S(=O)(=O)CCC1CCNCC1. The van der Waals surface area contributed by atoms with Crippen LogP contribution in [0.4, 0.5) is 0 Å². The molecule has 1 aliphatic heterocycles. The van der Waals surface area contributed by atoms with Crippen LogP contribution in [0.5, 0.6) is 0 Å². The van der Waals surface area contributed by atoms with Gasteiger partial charge >= 0.3 is 0 Å². The van der Waals surface area contributed by atoms with E-state index in [1.54, 1.807) is 6.92 Å². The Kier molecular flexibility index (Phi) is 7.47. The Labute approximate surface area is 122 Å². The summed E-state index contributed by atoms with van der Waals surface area (Å²) in [5.41, 5.74) is 0. The molecule has 0 aliphatic carbocycles. The van der Waals surface area contributed by atoms with Crippen molar-refractivity contribution in [2.24, 2.45) is 5.92 Å². The summed E-state index contributed by atoms with van der Waals surface area (Å²) in [6, 6.07) is 0. The molecular weight excluding hydrogens is 278 g/mol. The van der Waals surface area contributed by atoms with Crippen LogP contribution in [0.2, 0.25) is 0 Å². The quantitative estimate of drug-likeness (QED) is 0.670. The molecule has 1 amide bonds. The molecule has 0 saturated carbocycles. The van der Waals surface area contributed by atoms with Crippen molar-refractivity contribution in [2.45, 2.75) is 33.1 Å². The molecule has 1 aliphatic rings. The largest absolute Gasteiger partial charge is 0.355 e. The standard InChI is InChI=1S/C13H27N3O3S/c1-3-15-13(17)11-16(4-2)20(18,19)10-7-12-5-8-14-9-6-12/h12,14H,3-11H2,1-2H3,(H,15,17). The Morgan fingerprint density at radius 3 is 2.50 bits per heavy atom. The molecule has 0 radical (unpaired) electrons. The number of piperidine rings is 1. The second-order valence-corrected chi connectivity index (χ2v) is 7.27. The first-order valence-corrected chi connectivity index (χ1v) is 9.05. The van der Waals surface area contributed by atoms with E-state index >= 15 is 0 Å². The average Bonchev–Trinajstić information content (AvgIpc) is 2.44. The average molecular weight is 305 g/mol. The zero-order valence-electron chi connectivity index (χ0n) is 12.5. The normalized spacial score (nSPS) is 17.4. The van der Waals surface area contributed by atoms with E-state index in [2.05, 4.69) is 10.6 Å². The van der Waals surface area contributed by atoms with Crippen molar-refractivity contribution in [2.75, 3.05) is 38.5 Å². The summed E-state index contributed by atoms with van der Waals surface area (Å²) in [5.74, 6) is 0.388. The first-order chi connectivity index (χ1) is 9.49. The second-order valence-electron chi connectivity index (χ2n) is 5.18. The lowest BCUT2D eigenvalue weighted by Crippen LogP contribution is -2.42. The fourth-order valence-corrected chi connectivity index (χ4v) is 4.03. The van der Waals surface area contributed by atoms with Gasteiger partial charge in [-0.2, -0.15) is 4.31 Å². The number of amides is 1. The molecule has 1 rings (SSSR count). The van der Waals surface area contributed by atoms with Crippen molar-refractivity contribution in [1.82, 2.24) is 14.9 Å². The number of nitrogens with zero attached hydrogens (tertiary/aromatic N) is 1. The van der Waals surface area contributed by atoms with Gasteiger partial charge < -0.3 is 10.6 Å². The molecule has 0 unspecified atom stereocenters. The summed E-state index contributed by atoms with van der Waals surface area (Å²) in [4.78, 5) is 11.5. The maximum absolute atomic E-state index is 12.3. The van der Waals surface area contributed by atoms with Crippen LogP contribution in [-0.4, -0.2) is 57.1 Å². The van der Waals surface area contributed by atoms with Crippen LogP contribution in [-0.2, 0) is 14.8 Å². The van der Waals surface area contributed by atoms with E-state index in [0.717, 1.165) is 25.9 Å². The monoisotopic (exact) mass is 305 g/mol. The topological polar surface area (TPSA) is 78.5 Å². The Morgan fingerprint density at radius 2 is 1.95 bits per heavy atom. The number of nitrogens with one attached hydrogen (secondary N) is 2. The molecule has 1 saturated heterocycles. The summed E-state index contributed by atoms with van der Waals surface area (Å²) in [6.45, 7) is 6.32. The molecule has 6 nitrogen and oxygen atoms in total. The molecule has 1 heterocycles. The van der Waals surface area contributed by atoms with E-state index in [-0.39, 0.29) is 18.2 Å². The van der Waals surface area contributed by atoms with Crippen molar-refractivity contribution in [3.8, 4) is 0 Å². The first kappa shape index (κ1) is 17.4. The lowest BCUT2D eigenvalue weighted by atomic mass is 9.96. The van der Waals surface area contributed by atoms with Crippen molar-refractivity contribution in [3.05, 3.63) is 0 Å². The molecule has 1 fully saturated rings. The number of rotatable bonds is 8. The minimum atomic E-state index is -3.33. The van der Waals surface area contributed by atoms with Crippen LogP contribution in [0.15, 0.2) is 0 Å². The highest BCUT2D eigenvalue weighted by atomic mass is 32.2. The van der Waals surface area contributed by atoms with Crippen LogP contribution >= 0.6 is 0 Å². The van der Waals surface area contributed by atoms with Gasteiger partial charge in [-0.05, 0) is 45.2 Å². The lowest BCUT2D eigenvalue weighted by molar-refractivity contribution is -0.121. The molecule has 0 atom stereocenters. The highest BCUT2D eigenvalue weighted by Crippen LogP contribution is 2.17. The van der Waals surface area contributed by atoms with Gasteiger partial charge in [0, 0.05) is 13.1 Å². The third kappa shape index (κ3) is 5.76. The van der Waals surface area contributed by atoms with Gasteiger partial charge in [-0.3, -0.25) is 4.79 Å². The highest BCUT2D eigenvalue weighted by molar-refractivity contribution is 7.89. The molecule has 20 heavy (non-hydrogen) atoms. The van der Waals surface area contributed by atoms with Crippen molar-refractivity contribution >= 4 is 15.9 Å². The Bertz CT molecular complexity index is 392. The predicted octanol–water partition coefficient (Wildman–Crippen LogP) is 0.164. The Balaban J connectivity index is 2.48. The Morgan fingerprint density at radius 1 is 1.30 bits per heavy atom. The maximum atomic E-state index is 12.3. The minimum Gasteiger partial charge on any atom is -0.355 e. The number of hydrogen-bond donors (Lipinski definition) is 2. The van der Waals surface area contributed by atoms with E-state index in [1.165, 1.54) is 4.31 Å². The second kappa shape index (κ2) is 8.59. The third-order valence-electron chi connectivity index (χ3n) is 3.68. The summed E-state index contributed by atoms with van der Waals surface area (Å²) >= 11 is 0. The fraction of sp³-hybridized carbons (Fsp3) is 0.923. The summed E-state index contributed by atoms with van der Waals surface area (Å²) < 4.78 is 25.8. The molecule has 0 bridgehead atoms. The first-order valence-electron chi connectivity index (χ1n) is 7.44. The van der Waals surface area contributed by atoms with Crippen LogP contribution in [0.25, 0.3) is 0 Å². The minimum absolute atomic E-state index is 0.0705. The summed E-state index contributed by atoms with van der Waals surface area (Å²) in [6.07, 6.45) is 2.77. The maximum Gasteiger partial charge on any atom is 0.235 e. The number of carbonyl (C=O) groups is 1. The van der Waals surface area contributed by atoms with Gasteiger partial charge in [-0.15, -0.1) is 0 Å². The zero-order chi connectivity index (χ0) is 15.0. The molecule has 7 heteroatoms. The van der Waals surface area contributed by atoms with E-state index in [1.807, 2.05) is 6.92 Å².